The zero-order chi connectivity index (χ0) is 15.2. The van der Waals surface area contributed by atoms with Crippen molar-refractivity contribution >= 4 is 51.4 Å². The molecular weight excluding hydrogens is 406 g/mol. The van der Waals surface area contributed by atoms with Crippen LogP contribution >= 0.6 is 34.4 Å². The number of carbonyl (C=O) groups is 1. The van der Waals surface area contributed by atoms with Crippen molar-refractivity contribution in [3.8, 4) is 0 Å². The number of hydrogen-bond donors (Lipinski definition) is 1. The fourth-order valence-corrected chi connectivity index (χ4v) is 4.02. The Bertz CT molecular complexity index is 727. The Morgan fingerprint density at radius 1 is 1.57 bits per heavy atom. The number of nitrogens with zero attached hydrogens (tertiary/aromatic N) is 2. The molecule has 1 heterocycles. The molecule has 112 valence electrons. The lowest BCUT2D eigenvalue weighted by Crippen LogP contribution is -2.37. The molecule has 0 aliphatic heterocycles. The summed E-state index contributed by atoms with van der Waals surface area (Å²) in [6.07, 6.45) is 3.14. The van der Waals surface area contributed by atoms with E-state index in [2.05, 4.69) is 11.9 Å². The highest BCUT2D eigenvalue weighted by molar-refractivity contribution is 14.1. The van der Waals surface area contributed by atoms with Gasteiger partial charge in [-0.1, -0.05) is 11.8 Å². The Balaban J connectivity index is 2.15. The van der Waals surface area contributed by atoms with Crippen LogP contribution in [-0.4, -0.2) is 26.4 Å². The van der Waals surface area contributed by atoms with Crippen LogP contribution < -0.4 is 0 Å². The summed E-state index contributed by atoms with van der Waals surface area (Å²) in [4.78, 5) is 15.3. The average Bonchev–Trinajstić information content (AvgIpc) is 2.72. The molecule has 4 nitrogen and oxygen atoms in total. The molecule has 1 aliphatic carbocycles. The van der Waals surface area contributed by atoms with E-state index in [1.165, 1.54) is 17.8 Å². The minimum atomic E-state index is -0.877. The number of hydrogen-bond acceptors (Lipinski definition) is 3. The maximum Gasteiger partial charge on any atom is 0.313 e. The van der Waals surface area contributed by atoms with E-state index in [-0.39, 0.29) is 17.1 Å². The number of aliphatic carboxylic acids is 1. The van der Waals surface area contributed by atoms with Crippen LogP contribution in [0.3, 0.4) is 0 Å². The van der Waals surface area contributed by atoms with Gasteiger partial charge in [-0.2, -0.15) is 0 Å². The van der Waals surface area contributed by atoms with Crippen molar-refractivity contribution in [1.29, 1.82) is 0 Å². The number of carboxylic acid groups (broad SMARTS) is 1. The number of thioether (sulfide) groups is 1. The molecule has 0 unspecified atom stereocenters. The summed E-state index contributed by atoms with van der Waals surface area (Å²) < 4.78 is 16.5. The summed E-state index contributed by atoms with van der Waals surface area (Å²) in [5.41, 5.74) is 1.39. The first-order chi connectivity index (χ1) is 9.90. The van der Waals surface area contributed by atoms with E-state index in [4.69, 9.17) is 5.11 Å². The largest absolute Gasteiger partial charge is 0.481 e. The topological polar surface area (TPSA) is 55.1 Å². The molecule has 1 N–H and O–H groups in total. The summed E-state index contributed by atoms with van der Waals surface area (Å²) >= 11 is 3.14. The average molecular weight is 420 g/mol. The van der Waals surface area contributed by atoms with Gasteiger partial charge in [-0.25, -0.2) is 9.37 Å². The third-order valence-corrected chi connectivity index (χ3v) is 5.71. The Hall–Kier alpha value is -0.830. The first-order valence-corrected chi connectivity index (χ1v) is 8.70. The zero-order valence-electron chi connectivity index (χ0n) is 11.4. The zero-order valence-corrected chi connectivity index (χ0v) is 14.4. The van der Waals surface area contributed by atoms with E-state index in [0.29, 0.717) is 8.73 Å². The molecule has 3 rings (SSSR count). The molecule has 0 saturated heterocycles. The number of carboxylic acids is 1. The van der Waals surface area contributed by atoms with Crippen LogP contribution in [0, 0.1) is 9.39 Å². The molecule has 0 bridgehead atoms. The second kappa shape index (κ2) is 5.42. The summed E-state index contributed by atoms with van der Waals surface area (Å²) in [6.45, 7) is 2.12. The predicted molar refractivity (Wildman–Crippen MR) is 88.3 cm³/mol. The molecule has 1 aromatic carbocycles. The molecule has 7 heteroatoms. The number of benzene rings is 1. The quantitative estimate of drug-likeness (QED) is 0.603. The SMILES string of the molecule is CC1(n2c(SCC(=O)O)nc3cc(I)c(F)cc32)CCC1. The van der Waals surface area contributed by atoms with Gasteiger partial charge in [-0.15, -0.1) is 0 Å². The van der Waals surface area contributed by atoms with E-state index in [1.54, 1.807) is 6.07 Å². The Labute approximate surface area is 139 Å². The van der Waals surface area contributed by atoms with Crippen LogP contribution in [0.5, 0.6) is 0 Å². The van der Waals surface area contributed by atoms with Gasteiger partial charge in [0.25, 0.3) is 0 Å². The summed E-state index contributed by atoms with van der Waals surface area (Å²) in [7, 11) is 0. The van der Waals surface area contributed by atoms with Crippen LogP contribution in [0.4, 0.5) is 4.39 Å². The predicted octanol–water partition coefficient (Wildman–Crippen LogP) is 3.86. The fraction of sp³-hybridized carbons (Fsp3) is 0.429. The highest BCUT2D eigenvalue weighted by atomic mass is 127. The summed E-state index contributed by atoms with van der Waals surface area (Å²) in [5, 5.41) is 9.55. The van der Waals surface area contributed by atoms with Crippen LogP contribution in [0.2, 0.25) is 0 Å². The molecule has 0 amide bonds. The van der Waals surface area contributed by atoms with Crippen LogP contribution in [0.15, 0.2) is 17.3 Å². The van der Waals surface area contributed by atoms with E-state index in [1.807, 2.05) is 27.2 Å². The summed E-state index contributed by atoms with van der Waals surface area (Å²) in [6, 6.07) is 3.23. The minimum Gasteiger partial charge on any atom is -0.481 e. The van der Waals surface area contributed by atoms with E-state index in [0.717, 1.165) is 30.3 Å². The number of rotatable bonds is 4. The Morgan fingerprint density at radius 3 is 2.86 bits per heavy atom. The molecule has 1 saturated carbocycles. The van der Waals surface area contributed by atoms with Crippen molar-refractivity contribution in [1.82, 2.24) is 9.55 Å². The van der Waals surface area contributed by atoms with Gasteiger partial charge in [0, 0.05) is 11.6 Å². The first kappa shape index (κ1) is 15.1. The standard InChI is InChI=1S/C14H14FIN2O2S/c1-14(3-2-4-14)18-11-5-8(15)9(16)6-10(11)17-13(18)21-7-12(19)20/h5-6H,2-4,7H2,1H3,(H,19,20). The van der Waals surface area contributed by atoms with Gasteiger partial charge < -0.3 is 9.67 Å². The Kier molecular flexibility index (Phi) is 3.89. The smallest absolute Gasteiger partial charge is 0.313 e. The van der Waals surface area contributed by atoms with Gasteiger partial charge in [0.05, 0.1) is 20.4 Å². The maximum atomic E-state index is 13.9. The highest BCUT2D eigenvalue weighted by Crippen LogP contribution is 2.43. The molecule has 0 radical (unpaired) electrons. The minimum absolute atomic E-state index is 0.0427. The van der Waals surface area contributed by atoms with Crippen LogP contribution in [-0.2, 0) is 10.3 Å². The molecule has 2 aromatic rings. The number of halogens is 2. The van der Waals surface area contributed by atoms with E-state index >= 15 is 0 Å². The van der Waals surface area contributed by atoms with E-state index < -0.39 is 5.97 Å². The Morgan fingerprint density at radius 2 is 2.29 bits per heavy atom. The maximum absolute atomic E-state index is 13.9. The van der Waals surface area contributed by atoms with Gasteiger partial charge in [0.2, 0.25) is 0 Å². The van der Waals surface area contributed by atoms with Crippen molar-refractivity contribution in [3.63, 3.8) is 0 Å². The lowest BCUT2D eigenvalue weighted by Gasteiger charge is -2.41. The van der Waals surface area contributed by atoms with Crippen LogP contribution in [0.25, 0.3) is 11.0 Å². The summed E-state index contributed by atoms with van der Waals surface area (Å²) in [5.74, 6) is -1.18. The van der Waals surface area contributed by atoms with Gasteiger partial charge in [-0.05, 0) is 54.8 Å². The van der Waals surface area contributed by atoms with Gasteiger partial charge in [0.15, 0.2) is 5.16 Å². The number of fused-ring (bicyclic) bond motifs is 1. The number of imidazole rings is 1. The lowest BCUT2D eigenvalue weighted by atomic mass is 9.78. The van der Waals surface area contributed by atoms with Crippen molar-refractivity contribution in [2.24, 2.45) is 0 Å². The van der Waals surface area contributed by atoms with E-state index in [9.17, 15) is 9.18 Å². The van der Waals surface area contributed by atoms with Crippen molar-refractivity contribution < 1.29 is 14.3 Å². The molecule has 21 heavy (non-hydrogen) atoms. The molecule has 0 atom stereocenters. The first-order valence-electron chi connectivity index (χ1n) is 6.63. The molecule has 0 spiro atoms. The van der Waals surface area contributed by atoms with Crippen molar-refractivity contribution in [2.75, 3.05) is 5.75 Å². The third kappa shape index (κ3) is 2.65. The lowest BCUT2D eigenvalue weighted by molar-refractivity contribution is -0.133. The normalized spacial score (nSPS) is 16.9. The van der Waals surface area contributed by atoms with Gasteiger partial charge >= 0.3 is 5.97 Å². The highest BCUT2D eigenvalue weighted by Gasteiger charge is 2.37. The molecule has 1 aromatic heterocycles. The van der Waals surface area contributed by atoms with Gasteiger partial charge in [0.1, 0.15) is 5.82 Å². The van der Waals surface area contributed by atoms with Crippen molar-refractivity contribution in [3.05, 3.63) is 21.5 Å². The molecular formula is C14H14FIN2O2S. The van der Waals surface area contributed by atoms with Crippen molar-refractivity contribution in [2.45, 2.75) is 36.9 Å². The monoisotopic (exact) mass is 420 g/mol. The second-order valence-corrected chi connectivity index (χ2v) is 7.62. The van der Waals surface area contributed by atoms with Gasteiger partial charge in [-0.3, -0.25) is 4.79 Å². The number of aromatic nitrogens is 2. The fourth-order valence-electron chi connectivity index (χ4n) is 2.71. The third-order valence-electron chi connectivity index (χ3n) is 3.96. The molecule has 1 aliphatic rings. The second-order valence-electron chi connectivity index (χ2n) is 5.52. The van der Waals surface area contributed by atoms with Crippen LogP contribution in [0.1, 0.15) is 26.2 Å². The molecule has 1 fully saturated rings.